The number of hydrogen-bond donors (Lipinski definition) is 2. The van der Waals surface area contributed by atoms with Crippen LogP contribution in [0.2, 0.25) is 0 Å². The average Bonchev–Trinajstić information content (AvgIpc) is 2.73. The van der Waals surface area contributed by atoms with E-state index < -0.39 is 0 Å². The van der Waals surface area contributed by atoms with Gasteiger partial charge in [0.25, 0.3) is 5.91 Å². The Morgan fingerprint density at radius 3 is 2.57 bits per heavy atom. The van der Waals surface area contributed by atoms with Gasteiger partial charge in [-0.1, -0.05) is 43.2 Å². The Morgan fingerprint density at radius 2 is 1.79 bits per heavy atom. The largest absolute Gasteiger partial charge is 0.484 e. The highest BCUT2D eigenvalue weighted by atomic mass is 16.5. The van der Waals surface area contributed by atoms with Gasteiger partial charge in [0.05, 0.1) is 6.10 Å². The molecule has 0 unspecified atom stereocenters. The van der Waals surface area contributed by atoms with Gasteiger partial charge in [-0.15, -0.1) is 0 Å². The van der Waals surface area contributed by atoms with Crippen LogP contribution in [-0.4, -0.2) is 53.8 Å². The minimum atomic E-state index is -0.185. The van der Waals surface area contributed by atoms with Crippen LogP contribution in [0, 0.1) is 0 Å². The van der Waals surface area contributed by atoms with E-state index >= 15 is 0 Å². The first-order chi connectivity index (χ1) is 13.7. The summed E-state index contributed by atoms with van der Waals surface area (Å²) in [6.45, 7) is 1.93. The van der Waals surface area contributed by atoms with Gasteiger partial charge in [-0.05, 0) is 48.6 Å². The van der Waals surface area contributed by atoms with E-state index in [0.717, 1.165) is 61.7 Å². The van der Waals surface area contributed by atoms with Crippen molar-refractivity contribution in [2.75, 3.05) is 19.7 Å². The maximum Gasteiger partial charge on any atom is 0.258 e. The third kappa shape index (κ3) is 4.65. The lowest BCUT2D eigenvalue weighted by atomic mass is 9.89. The molecule has 150 valence electrons. The zero-order valence-corrected chi connectivity index (χ0v) is 16.3. The van der Waals surface area contributed by atoms with Crippen LogP contribution in [0.5, 0.6) is 5.75 Å². The molecule has 2 aromatic carbocycles. The van der Waals surface area contributed by atoms with Gasteiger partial charge < -0.3 is 15.2 Å². The second-order valence-electron chi connectivity index (χ2n) is 8.09. The third-order valence-corrected chi connectivity index (χ3v) is 6.15. The molecule has 28 heavy (non-hydrogen) atoms. The summed E-state index contributed by atoms with van der Waals surface area (Å²) in [7, 11) is 0. The van der Waals surface area contributed by atoms with Crippen molar-refractivity contribution in [2.24, 2.45) is 0 Å². The normalized spacial score (nSPS) is 24.2. The summed E-state index contributed by atoms with van der Waals surface area (Å²) in [5.74, 6) is 0.652. The number of hydrogen-bond acceptors (Lipinski definition) is 4. The third-order valence-electron chi connectivity index (χ3n) is 6.15. The standard InChI is InChI=1S/C23H30N2O3/c26-22-8-4-3-7-21(22)25-13-11-19(12-14-25)24-23(27)16-28-20-10-9-17-5-1-2-6-18(17)15-20/h1-2,5-6,9-10,15,19,21-22,26H,3-4,7-8,11-14,16H2,(H,24,27)/t21-,22+/m0/s1. The van der Waals surface area contributed by atoms with E-state index in [9.17, 15) is 9.90 Å². The SMILES string of the molecule is O=C(COc1ccc2ccccc2c1)NC1CCN([C@H]2CCCC[C@H]2O)CC1. The molecule has 1 aliphatic heterocycles. The highest BCUT2D eigenvalue weighted by molar-refractivity contribution is 5.84. The summed E-state index contributed by atoms with van der Waals surface area (Å²) >= 11 is 0. The van der Waals surface area contributed by atoms with Crippen LogP contribution in [0.25, 0.3) is 10.8 Å². The fourth-order valence-corrected chi connectivity index (χ4v) is 4.57. The van der Waals surface area contributed by atoms with Crippen molar-refractivity contribution in [3.8, 4) is 5.75 Å². The van der Waals surface area contributed by atoms with Crippen molar-refractivity contribution in [2.45, 2.75) is 56.7 Å². The zero-order chi connectivity index (χ0) is 19.3. The maximum atomic E-state index is 12.3. The Morgan fingerprint density at radius 1 is 1.04 bits per heavy atom. The predicted molar refractivity (Wildman–Crippen MR) is 110 cm³/mol. The molecule has 0 aromatic heterocycles. The maximum absolute atomic E-state index is 12.3. The van der Waals surface area contributed by atoms with Crippen LogP contribution in [0.15, 0.2) is 42.5 Å². The van der Waals surface area contributed by atoms with Crippen LogP contribution >= 0.6 is 0 Å². The van der Waals surface area contributed by atoms with Gasteiger partial charge in [-0.3, -0.25) is 9.69 Å². The molecule has 2 atom stereocenters. The molecule has 1 saturated heterocycles. The first-order valence-corrected chi connectivity index (χ1v) is 10.5. The number of ether oxygens (including phenoxy) is 1. The molecular formula is C23H30N2O3. The number of rotatable bonds is 5. The molecule has 2 N–H and O–H groups in total. The van der Waals surface area contributed by atoms with E-state index in [4.69, 9.17) is 4.74 Å². The number of likely N-dealkylation sites (tertiary alicyclic amines) is 1. The first-order valence-electron chi connectivity index (χ1n) is 10.5. The fourth-order valence-electron chi connectivity index (χ4n) is 4.57. The van der Waals surface area contributed by atoms with Crippen molar-refractivity contribution in [1.29, 1.82) is 0 Å². The Kier molecular flexibility index (Phi) is 6.13. The Labute approximate surface area is 166 Å². The number of aliphatic hydroxyl groups is 1. The quantitative estimate of drug-likeness (QED) is 0.834. The second kappa shape index (κ2) is 8.93. The highest BCUT2D eigenvalue weighted by Gasteiger charge is 2.31. The van der Waals surface area contributed by atoms with Crippen LogP contribution in [-0.2, 0) is 4.79 Å². The van der Waals surface area contributed by atoms with E-state index in [1.807, 2.05) is 36.4 Å². The lowest BCUT2D eigenvalue weighted by Crippen LogP contribution is -2.52. The van der Waals surface area contributed by atoms with Crippen molar-refractivity contribution in [3.63, 3.8) is 0 Å². The summed E-state index contributed by atoms with van der Waals surface area (Å²) in [5, 5.41) is 15.6. The molecule has 1 heterocycles. The molecule has 1 aliphatic carbocycles. The predicted octanol–water partition coefficient (Wildman–Crippen LogP) is 3.10. The van der Waals surface area contributed by atoms with E-state index in [2.05, 4.69) is 16.3 Å². The molecule has 2 fully saturated rings. The number of fused-ring (bicyclic) bond motifs is 1. The van der Waals surface area contributed by atoms with Gasteiger partial charge in [0, 0.05) is 25.2 Å². The van der Waals surface area contributed by atoms with Crippen LogP contribution in [0.3, 0.4) is 0 Å². The Balaban J connectivity index is 1.22. The molecule has 0 bridgehead atoms. The number of carbonyl (C=O) groups is 1. The second-order valence-corrected chi connectivity index (χ2v) is 8.09. The lowest BCUT2D eigenvalue weighted by molar-refractivity contribution is -0.124. The topological polar surface area (TPSA) is 61.8 Å². The number of nitrogens with zero attached hydrogens (tertiary/aromatic N) is 1. The summed E-state index contributed by atoms with van der Waals surface area (Å²) in [6.07, 6.45) is 6.06. The van der Waals surface area contributed by atoms with E-state index in [-0.39, 0.29) is 24.7 Å². The molecule has 0 radical (unpaired) electrons. The molecule has 0 spiro atoms. The number of aliphatic hydroxyl groups excluding tert-OH is 1. The minimum absolute atomic E-state index is 0.0416. The van der Waals surface area contributed by atoms with E-state index in [1.165, 1.54) is 6.42 Å². The zero-order valence-electron chi connectivity index (χ0n) is 16.3. The minimum Gasteiger partial charge on any atom is -0.484 e. The molecule has 2 aliphatic rings. The number of amides is 1. The molecule has 1 amide bonds. The van der Waals surface area contributed by atoms with Crippen molar-refractivity contribution < 1.29 is 14.6 Å². The van der Waals surface area contributed by atoms with Gasteiger partial charge in [-0.25, -0.2) is 0 Å². The van der Waals surface area contributed by atoms with Gasteiger partial charge >= 0.3 is 0 Å². The molecule has 5 nitrogen and oxygen atoms in total. The molecule has 5 heteroatoms. The van der Waals surface area contributed by atoms with Crippen LogP contribution < -0.4 is 10.1 Å². The number of nitrogens with one attached hydrogen (secondary N) is 1. The summed E-state index contributed by atoms with van der Waals surface area (Å²) in [6, 6.07) is 14.5. The molecule has 1 saturated carbocycles. The van der Waals surface area contributed by atoms with Gasteiger partial charge in [-0.2, -0.15) is 0 Å². The van der Waals surface area contributed by atoms with Crippen LogP contribution in [0.1, 0.15) is 38.5 Å². The van der Waals surface area contributed by atoms with Crippen molar-refractivity contribution >= 4 is 16.7 Å². The summed E-state index contributed by atoms with van der Waals surface area (Å²) in [5.41, 5.74) is 0. The number of carbonyl (C=O) groups excluding carboxylic acids is 1. The number of piperidine rings is 1. The van der Waals surface area contributed by atoms with E-state index in [1.54, 1.807) is 0 Å². The molecule has 2 aromatic rings. The molecular weight excluding hydrogens is 352 g/mol. The monoisotopic (exact) mass is 382 g/mol. The van der Waals surface area contributed by atoms with Gasteiger partial charge in [0.1, 0.15) is 5.75 Å². The number of benzene rings is 2. The first kappa shape index (κ1) is 19.2. The summed E-state index contributed by atoms with van der Waals surface area (Å²) in [4.78, 5) is 14.7. The highest BCUT2D eigenvalue weighted by Crippen LogP contribution is 2.26. The smallest absolute Gasteiger partial charge is 0.258 e. The van der Waals surface area contributed by atoms with E-state index in [0.29, 0.717) is 6.04 Å². The Bertz CT molecular complexity index is 801. The lowest BCUT2D eigenvalue weighted by Gasteiger charge is -2.41. The molecule has 4 rings (SSSR count). The van der Waals surface area contributed by atoms with Gasteiger partial charge in [0.15, 0.2) is 6.61 Å². The van der Waals surface area contributed by atoms with Gasteiger partial charge in [0.2, 0.25) is 0 Å². The average molecular weight is 383 g/mol. The van der Waals surface area contributed by atoms with Crippen molar-refractivity contribution in [3.05, 3.63) is 42.5 Å². The Hall–Kier alpha value is -2.11. The van der Waals surface area contributed by atoms with Crippen molar-refractivity contribution in [1.82, 2.24) is 10.2 Å². The summed E-state index contributed by atoms with van der Waals surface area (Å²) < 4.78 is 5.69. The van der Waals surface area contributed by atoms with Crippen LogP contribution in [0.4, 0.5) is 0 Å². The fraction of sp³-hybridized carbons (Fsp3) is 0.522.